The van der Waals surface area contributed by atoms with Crippen LogP contribution < -0.4 is 5.73 Å². The maximum Gasteiger partial charge on any atom is 0.353 e. The summed E-state index contributed by atoms with van der Waals surface area (Å²) in [6.07, 6.45) is -3.96. The summed E-state index contributed by atoms with van der Waals surface area (Å²) in [5.41, 5.74) is 6.34. The minimum atomic E-state index is -1.98. The number of thioether (sulfide) groups is 1. The molecule has 0 amide bonds. The van der Waals surface area contributed by atoms with Gasteiger partial charge in [0.1, 0.15) is 0 Å². The lowest BCUT2D eigenvalue weighted by Gasteiger charge is -2.45. The molecule has 1 aliphatic rings. The maximum atomic E-state index is 12.9. The number of hydrogen-bond acceptors (Lipinski definition) is 11. The van der Waals surface area contributed by atoms with E-state index >= 15 is 0 Å². The molecule has 10 nitrogen and oxygen atoms in total. The molecule has 0 unspecified atom stereocenters. The first-order valence-corrected chi connectivity index (χ1v) is 9.70. The molecule has 1 aromatic carbocycles. The SMILES string of the molecule is COC(=O)[C@]1(Sc2ccccc2N)OC[C@@H](OC(C)=O)[C@@H](OC(C)=O)[C@@H]1OC(C)=O. The summed E-state index contributed by atoms with van der Waals surface area (Å²) in [5, 5.41) is 0. The molecule has 0 spiro atoms. The third-order valence-corrected chi connectivity index (χ3v) is 5.48. The molecule has 0 radical (unpaired) electrons. The molecular formula is C19H23NO9S. The van der Waals surface area contributed by atoms with Gasteiger partial charge in [0, 0.05) is 31.4 Å². The van der Waals surface area contributed by atoms with Crippen molar-refractivity contribution >= 4 is 41.3 Å². The molecule has 0 saturated carbocycles. The fourth-order valence-corrected chi connectivity index (χ4v) is 4.20. The standard InChI is InChI=1S/C19H23NO9S/c1-10(21)27-14-9-26-19(18(24)25-4,30-15-8-6-5-7-13(15)20)17(29-12(3)23)16(14)28-11(2)22/h5-8,14,16-17H,9,20H2,1-4H3/t14-,16-,17+,19+/m1/s1. The summed E-state index contributed by atoms with van der Waals surface area (Å²) in [5.74, 6) is -3.09. The van der Waals surface area contributed by atoms with Crippen LogP contribution in [0.4, 0.5) is 5.69 Å². The van der Waals surface area contributed by atoms with E-state index in [1.54, 1.807) is 24.3 Å². The number of para-hydroxylation sites is 1. The smallest absolute Gasteiger partial charge is 0.353 e. The minimum Gasteiger partial charge on any atom is -0.466 e. The number of nitrogens with two attached hydrogens (primary N) is 1. The van der Waals surface area contributed by atoms with Crippen molar-refractivity contribution in [2.75, 3.05) is 19.5 Å². The van der Waals surface area contributed by atoms with Crippen molar-refractivity contribution in [1.29, 1.82) is 0 Å². The molecule has 1 fully saturated rings. The molecule has 4 atom stereocenters. The van der Waals surface area contributed by atoms with Crippen LogP contribution in [0, 0.1) is 0 Å². The van der Waals surface area contributed by atoms with Crippen molar-refractivity contribution in [2.45, 2.75) is 48.9 Å². The van der Waals surface area contributed by atoms with Crippen LogP contribution in [-0.2, 0) is 42.9 Å². The lowest BCUT2D eigenvalue weighted by Crippen LogP contribution is -2.65. The molecule has 0 aromatic heterocycles. The maximum absolute atomic E-state index is 12.9. The fraction of sp³-hybridized carbons (Fsp3) is 0.474. The molecule has 11 heteroatoms. The lowest BCUT2D eigenvalue weighted by molar-refractivity contribution is -0.237. The number of rotatable bonds is 6. The van der Waals surface area contributed by atoms with Gasteiger partial charge in [0.15, 0.2) is 18.3 Å². The molecule has 1 aromatic rings. The molecule has 1 saturated heterocycles. The Kier molecular flexibility index (Phi) is 7.68. The van der Waals surface area contributed by atoms with Crippen LogP contribution in [0.15, 0.2) is 29.2 Å². The Labute approximate surface area is 177 Å². The van der Waals surface area contributed by atoms with E-state index in [4.69, 9.17) is 29.4 Å². The number of nitrogen functional groups attached to an aromatic ring is 1. The monoisotopic (exact) mass is 441 g/mol. The normalized spacial score (nSPS) is 25.7. The first-order chi connectivity index (χ1) is 14.1. The molecule has 30 heavy (non-hydrogen) atoms. The number of carbonyl (C=O) groups excluding carboxylic acids is 4. The highest BCUT2D eigenvalue weighted by Crippen LogP contribution is 2.46. The lowest BCUT2D eigenvalue weighted by atomic mass is 9.98. The molecule has 1 aliphatic heterocycles. The second-order valence-corrected chi connectivity index (χ2v) is 7.61. The summed E-state index contributed by atoms with van der Waals surface area (Å²) in [6, 6.07) is 6.65. The molecule has 0 aliphatic carbocycles. The second-order valence-electron chi connectivity index (χ2n) is 6.36. The fourth-order valence-electron chi connectivity index (χ4n) is 2.94. The highest BCUT2D eigenvalue weighted by molar-refractivity contribution is 8.01. The van der Waals surface area contributed by atoms with E-state index in [0.29, 0.717) is 10.6 Å². The zero-order valence-corrected chi connectivity index (χ0v) is 17.7. The number of benzene rings is 1. The van der Waals surface area contributed by atoms with Crippen LogP contribution in [-0.4, -0.2) is 60.8 Å². The Balaban J connectivity index is 2.60. The van der Waals surface area contributed by atoms with E-state index in [1.165, 1.54) is 0 Å². The van der Waals surface area contributed by atoms with E-state index in [-0.39, 0.29) is 6.61 Å². The summed E-state index contributed by atoms with van der Waals surface area (Å²) in [7, 11) is 1.13. The Hall–Kier alpha value is -2.79. The highest BCUT2D eigenvalue weighted by Gasteiger charge is 2.62. The average molecular weight is 441 g/mol. The average Bonchev–Trinajstić information content (AvgIpc) is 2.66. The number of ether oxygens (including phenoxy) is 5. The number of methoxy groups -OCH3 is 1. The van der Waals surface area contributed by atoms with Crippen LogP contribution in [0.5, 0.6) is 0 Å². The van der Waals surface area contributed by atoms with Crippen molar-refractivity contribution in [2.24, 2.45) is 0 Å². The van der Waals surface area contributed by atoms with Gasteiger partial charge in [0.05, 0.1) is 13.7 Å². The van der Waals surface area contributed by atoms with Crippen LogP contribution in [0.2, 0.25) is 0 Å². The van der Waals surface area contributed by atoms with Gasteiger partial charge >= 0.3 is 23.9 Å². The third-order valence-electron chi connectivity index (χ3n) is 4.06. The number of hydrogen-bond donors (Lipinski definition) is 1. The summed E-state index contributed by atoms with van der Waals surface area (Å²) in [4.78, 5) is 46.5. The van der Waals surface area contributed by atoms with Crippen molar-refractivity contribution in [3.05, 3.63) is 24.3 Å². The summed E-state index contributed by atoms with van der Waals surface area (Å²) < 4.78 is 26.6. The zero-order valence-electron chi connectivity index (χ0n) is 16.9. The number of esters is 4. The van der Waals surface area contributed by atoms with E-state index < -0.39 is 47.1 Å². The first kappa shape index (κ1) is 23.5. The topological polar surface area (TPSA) is 140 Å². The number of anilines is 1. The van der Waals surface area contributed by atoms with Crippen LogP contribution in [0.25, 0.3) is 0 Å². The summed E-state index contributed by atoms with van der Waals surface area (Å²) in [6.45, 7) is 3.08. The Morgan fingerprint density at radius 3 is 2.17 bits per heavy atom. The van der Waals surface area contributed by atoms with Crippen molar-refractivity contribution in [3.8, 4) is 0 Å². The first-order valence-electron chi connectivity index (χ1n) is 8.88. The van der Waals surface area contributed by atoms with Gasteiger partial charge in [0.2, 0.25) is 0 Å². The second kappa shape index (κ2) is 9.81. The van der Waals surface area contributed by atoms with Crippen LogP contribution in [0.3, 0.4) is 0 Å². The molecule has 0 bridgehead atoms. The third kappa shape index (κ3) is 5.22. The van der Waals surface area contributed by atoms with Gasteiger partial charge in [0.25, 0.3) is 4.93 Å². The molecule has 1 heterocycles. The molecule has 164 valence electrons. The molecule has 2 N–H and O–H groups in total. The molecular weight excluding hydrogens is 418 g/mol. The predicted molar refractivity (Wildman–Crippen MR) is 104 cm³/mol. The van der Waals surface area contributed by atoms with Gasteiger partial charge in [-0.05, 0) is 12.1 Å². The van der Waals surface area contributed by atoms with E-state index in [9.17, 15) is 19.2 Å². The largest absolute Gasteiger partial charge is 0.466 e. The van der Waals surface area contributed by atoms with Crippen molar-refractivity contribution in [1.82, 2.24) is 0 Å². The predicted octanol–water partition coefficient (Wildman–Crippen LogP) is 1.06. The quantitative estimate of drug-likeness (QED) is 0.385. The zero-order chi connectivity index (χ0) is 22.5. The van der Waals surface area contributed by atoms with Gasteiger partial charge in [-0.15, -0.1) is 0 Å². The summed E-state index contributed by atoms with van der Waals surface area (Å²) >= 11 is 0.842. The van der Waals surface area contributed by atoms with Crippen molar-refractivity contribution < 1.29 is 42.9 Å². The highest BCUT2D eigenvalue weighted by atomic mass is 32.2. The Morgan fingerprint density at radius 1 is 1.03 bits per heavy atom. The Morgan fingerprint density at radius 2 is 1.63 bits per heavy atom. The Bertz CT molecular complexity index is 830. The minimum absolute atomic E-state index is 0.329. The van der Waals surface area contributed by atoms with E-state index in [0.717, 1.165) is 39.6 Å². The molecule has 2 rings (SSSR count). The number of carbonyl (C=O) groups is 4. The van der Waals surface area contributed by atoms with Gasteiger partial charge < -0.3 is 29.4 Å². The van der Waals surface area contributed by atoms with E-state index in [1.807, 2.05) is 0 Å². The van der Waals surface area contributed by atoms with Crippen LogP contribution >= 0.6 is 11.8 Å². The van der Waals surface area contributed by atoms with Crippen molar-refractivity contribution in [3.63, 3.8) is 0 Å². The van der Waals surface area contributed by atoms with Gasteiger partial charge in [-0.1, -0.05) is 23.9 Å². The van der Waals surface area contributed by atoms with Crippen LogP contribution in [0.1, 0.15) is 20.8 Å². The van der Waals surface area contributed by atoms with Gasteiger partial charge in [-0.2, -0.15) is 0 Å². The van der Waals surface area contributed by atoms with Gasteiger partial charge in [-0.3, -0.25) is 14.4 Å². The van der Waals surface area contributed by atoms with Gasteiger partial charge in [-0.25, -0.2) is 4.79 Å². The van der Waals surface area contributed by atoms with E-state index in [2.05, 4.69) is 0 Å².